The molecule has 5 heteroatoms. The number of phenols is 1. The summed E-state index contributed by atoms with van der Waals surface area (Å²) in [7, 11) is 0. The molecule has 2 aromatic rings. The van der Waals surface area contributed by atoms with Gasteiger partial charge in [-0.25, -0.2) is 4.39 Å². The van der Waals surface area contributed by atoms with Crippen molar-refractivity contribution in [2.24, 2.45) is 0 Å². The molecule has 0 aliphatic rings. The van der Waals surface area contributed by atoms with Crippen molar-refractivity contribution in [1.82, 2.24) is 0 Å². The van der Waals surface area contributed by atoms with Crippen LogP contribution in [0.4, 0.5) is 10.1 Å². The highest BCUT2D eigenvalue weighted by Crippen LogP contribution is 2.27. The Balaban J connectivity index is 2.28. The Kier molecular flexibility index (Phi) is 4.11. The van der Waals surface area contributed by atoms with E-state index in [0.717, 1.165) is 0 Å². The second-order valence-corrected chi connectivity index (χ2v) is 4.74. The highest BCUT2D eigenvalue weighted by Gasteiger charge is 2.10. The summed E-state index contributed by atoms with van der Waals surface area (Å²) in [5, 5.41) is 22.0. The van der Waals surface area contributed by atoms with E-state index in [2.05, 4.69) is 5.32 Å². The van der Waals surface area contributed by atoms with E-state index in [0.29, 0.717) is 21.8 Å². The van der Waals surface area contributed by atoms with E-state index in [1.54, 1.807) is 25.1 Å². The molecule has 0 fully saturated rings. The average Bonchev–Trinajstić information content (AvgIpc) is 2.42. The van der Waals surface area contributed by atoms with Gasteiger partial charge < -0.3 is 10.4 Å². The zero-order valence-electron chi connectivity index (χ0n) is 10.7. The molecule has 3 nitrogen and oxygen atoms in total. The fourth-order valence-corrected chi connectivity index (χ4v) is 2.07. The van der Waals surface area contributed by atoms with Crippen LogP contribution < -0.4 is 5.32 Å². The lowest BCUT2D eigenvalue weighted by Crippen LogP contribution is -2.03. The van der Waals surface area contributed by atoms with Gasteiger partial charge in [-0.05, 0) is 31.2 Å². The van der Waals surface area contributed by atoms with Crippen molar-refractivity contribution in [2.45, 2.75) is 13.5 Å². The van der Waals surface area contributed by atoms with Crippen LogP contribution in [0.5, 0.6) is 5.75 Å². The van der Waals surface area contributed by atoms with Crippen LogP contribution in [0, 0.1) is 24.1 Å². The monoisotopic (exact) mass is 290 g/mol. The molecule has 0 heterocycles. The average molecular weight is 291 g/mol. The lowest BCUT2D eigenvalue weighted by atomic mass is 10.1. The number of anilines is 1. The van der Waals surface area contributed by atoms with Gasteiger partial charge in [-0.1, -0.05) is 17.7 Å². The van der Waals surface area contributed by atoms with Crippen LogP contribution in [-0.4, -0.2) is 5.11 Å². The van der Waals surface area contributed by atoms with Gasteiger partial charge in [0.25, 0.3) is 0 Å². The molecule has 0 aliphatic heterocycles. The first-order valence-corrected chi connectivity index (χ1v) is 6.31. The number of aromatic hydroxyl groups is 1. The summed E-state index contributed by atoms with van der Waals surface area (Å²) in [6.45, 7) is 1.85. The molecule has 0 saturated carbocycles. The van der Waals surface area contributed by atoms with E-state index in [1.165, 1.54) is 12.1 Å². The van der Waals surface area contributed by atoms with Crippen molar-refractivity contribution in [3.8, 4) is 11.8 Å². The summed E-state index contributed by atoms with van der Waals surface area (Å²) in [5.74, 6) is -0.380. The third-order valence-corrected chi connectivity index (χ3v) is 3.38. The molecular weight excluding hydrogens is 279 g/mol. The quantitative estimate of drug-likeness (QED) is 0.899. The number of hydrogen-bond donors (Lipinski definition) is 2. The van der Waals surface area contributed by atoms with Crippen molar-refractivity contribution in [3.63, 3.8) is 0 Å². The van der Waals surface area contributed by atoms with Crippen LogP contribution in [0.1, 0.15) is 16.7 Å². The molecule has 0 unspecified atom stereocenters. The highest BCUT2D eigenvalue weighted by atomic mass is 35.5. The first kappa shape index (κ1) is 14.2. The number of rotatable bonds is 3. The predicted molar refractivity (Wildman–Crippen MR) is 76.3 cm³/mol. The van der Waals surface area contributed by atoms with Gasteiger partial charge in [0.1, 0.15) is 11.6 Å². The second-order valence-electron chi connectivity index (χ2n) is 4.33. The standard InChI is InChI=1S/C15H12ClFN2O/c1-9-13(17)5-10(7-18)6-14(9)19-8-11-12(16)3-2-4-15(11)20/h2-6,19-20H,8H2,1H3. The number of halogens is 2. The Morgan fingerprint density at radius 3 is 2.80 bits per heavy atom. The normalized spacial score (nSPS) is 10.1. The molecule has 0 atom stereocenters. The predicted octanol–water partition coefficient (Wildman–Crippen LogP) is 3.98. The van der Waals surface area contributed by atoms with E-state index in [-0.39, 0.29) is 17.9 Å². The Labute approximate surface area is 121 Å². The fraction of sp³-hybridized carbons (Fsp3) is 0.133. The zero-order chi connectivity index (χ0) is 14.7. The molecule has 0 radical (unpaired) electrons. The summed E-state index contributed by atoms with van der Waals surface area (Å²) in [6.07, 6.45) is 0. The Bertz CT molecular complexity index is 675. The van der Waals surface area contributed by atoms with Gasteiger partial charge in [-0.3, -0.25) is 0 Å². The van der Waals surface area contributed by atoms with Gasteiger partial charge in [-0.2, -0.15) is 5.26 Å². The molecule has 0 aromatic heterocycles. The van der Waals surface area contributed by atoms with Crippen LogP contribution in [0.15, 0.2) is 30.3 Å². The largest absolute Gasteiger partial charge is 0.508 e. The zero-order valence-corrected chi connectivity index (χ0v) is 11.5. The van der Waals surface area contributed by atoms with Crippen LogP contribution in [0.3, 0.4) is 0 Å². The van der Waals surface area contributed by atoms with Gasteiger partial charge in [0.05, 0.1) is 11.6 Å². The fourth-order valence-electron chi connectivity index (χ4n) is 1.83. The third-order valence-electron chi connectivity index (χ3n) is 3.02. The van der Waals surface area contributed by atoms with Gasteiger partial charge in [0, 0.05) is 28.4 Å². The van der Waals surface area contributed by atoms with E-state index in [9.17, 15) is 9.50 Å². The number of nitrogens with zero attached hydrogens (tertiary/aromatic N) is 1. The minimum atomic E-state index is -0.449. The van der Waals surface area contributed by atoms with Gasteiger partial charge in [-0.15, -0.1) is 0 Å². The lowest BCUT2D eigenvalue weighted by Gasteiger charge is -2.12. The van der Waals surface area contributed by atoms with Crippen molar-refractivity contribution in [3.05, 3.63) is 57.9 Å². The van der Waals surface area contributed by atoms with Crippen LogP contribution in [-0.2, 0) is 6.54 Å². The molecule has 20 heavy (non-hydrogen) atoms. The summed E-state index contributed by atoms with van der Waals surface area (Å²) in [5.41, 5.74) is 1.67. The third kappa shape index (κ3) is 2.84. The van der Waals surface area contributed by atoms with Crippen LogP contribution in [0.2, 0.25) is 5.02 Å². The number of nitrogens with one attached hydrogen (secondary N) is 1. The number of nitriles is 1. The van der Waals surface area contributed by atoms with E-state index < -0.39 is 5.82 Å². The molecule has 0 bridgehead atoms. The molecule has 0 spiro atoms. The summed E-state index contributed by atoms with van der Waals surface area (Å²) >= 11 is 6.00. The molecule has 0 saturated heterocycles. The van der Waals surface area contributed by atoms with Gasteiger partial charge >= 0.3 is 0 Å². The molecule has 0 amide bonds. The molecule has 2 aromatic carbocycles. The van der Waals surface area contributed by atoms with Gasteiger partial charge in [0.15, 0.2) is 0 Å². The second kappa shape index (κ2) is 5.81. The lowest BCUT2D eigenvalue weighted by molar-refractivity contribution is 0.469. The maximum Gasteiger partial charge on any atom is 0.129 e. The Morgan fingerprint density at radius 2 is 2.15 bits per heavy atom. The van der Waals surface area contributed by atoms with E-state index in [1.807, 2.05) is 6.07 Å². The van der Waals surface area contributed by atoms with Crippen molar-refractivity contribution >= 4 is 17.3 Å². The number of benzene rings is 2. The summed E-state index contributed by atoms with van der Waals surface area (Å²) < 4.78 is 13.6. The maximum absolute atomic E-state index is 13.6. The molecule has 102 valence electrons. The minimum absolute atomic E-state index is 0.0690. The molecular formula is C15H12ClFN2O. The molecule has 2 rings (SSSR count). The van der Waals surface area contributed by atoms with E-state index >= 15 is 0 Å². The molecule has 2 N–H and O–H groups in total. The van der Waals surface area contributed by atoms with Crippen LogP contribution >= 0.6 is 11.6 Å². The smallest absolute Gasteiger partial charge is 0.129 e. The first-order valence-electron chi connectivity index (χ1n) is 5.93. The maximum atomic E-state index is 13.6. The highest BCUT2D eigenvalue weighted by molar-refractivity contribution is 6.31. The Hall–Kier alpha value is -2.25. The minimum Gasteiger partial charge on any atom is -0.508 e. The summed E-state index contributed by atoms with van der Waals surface area (Å²) in [4.78, 5) is 0. The topological polar surface area (TPSA) is 56.0 Å². The summed E-state index contributed by atoms with van der Waals surface area (Å²) in [6, 6.07) is 9.49. The first-order chi connectivity index (χ1) is 9.52. The van der Waals surface area contributed by atoms with Crippen LogP contribution in [0.25, 0.3) is 0 Å². The Morgan fingerprint density at radius 1 is 1.40 bits per heavy atom. The number of hydrogen-bond acceptors (Lipinski definition) is 3. The number of phenolic OH excluding ortho intramolecular Hbond substituents is 1. The SMILES string of the molecule is Cc1c(F)cc(C#N)cc1NCc1c(O)cccc1Cl. The van der Waals surface area contributed by atoms with E-state index in [4.69, 9.17) is 16.9 Å². The van der Waals surface area contributed by atoms with Crippen molar-refractivity contribution in [1.29, 1.82) is 5.26 Å². The van der Waals surface area contributed by atoms with Gasteiger partial charge in [0.2, 0.25) is 0 Å². The van der Waals surface area contributed by atoms with Crippen molar-refractivity contribution in [2.75, 3.05) is 5.32 Å². The molecule has 0 aliphatic carbocycles. The van der Waals surface area contributed by atoms with Crippen molar-refractivity contribution < 1.29 is 9.50 Å².